The van der Waals surface area contributed by atoms with E-state index in [2.05, 4.69) is 14.5 Å². The van der Waals surface area contributed by atoms with Crippen LogP contribution in [0.2, 0.25) is 0 Å². The van der Waals surface area contributed by atoms with Gasteiger partial charge in [-0.1, -0.05) is 15.2 Å². The van der Waals surface area contributed by atoms with Gasteiger partial charge in [0.05, 0.1) is 0 Å². The fourth-order valence-corrected chi connectivity index (χ4v) is 4.13. The van der Waals surface area contributed by atoms with Crippen LogP contribution in [0.4, 0.5) is 14.4 Å². The van der Waals surface area contributed by atoms with Gasteiger partial charge in [0, 0.05) is 45.6 Å². The lowest BCUT2D eigenvalue weighted by Crippen LogP contribution is -2.62. The molecule has 4 rings (SSSR count). The number of rotatable bonds is 8. The van der Waals surface area contributed by atoms with Crippen molar-refractivity contribution in [2.45, 2.75) is 69.2 Å². The monoisotopic (exact) mass is 617 g/mol. The number of aliphatic hydroxyl groups is 1. The standard InChI is InChI=1S/C22H23N3O18/c1-36-19-18(40-22(35)43-25-14(30)6-7-15(25)31)16(32)17(39-21(34)42-24-12(28)4-5-13(24)29)9(38-19)8-37-20(33)41-23-10(26)2-3-11(23)27/h9,16-19,32H,2-8H2,1H3. The van der Waals surface area contributed by atoms with E-state index in [1.54, 1.807) is 0 Å². The molecular formula is C22H23N3O18. The van der Waals surface area contributed by atoms with E-state index in [1.807, 2.05) is 0 Å². The van der Waals surface area contributed by atoms with Crippen molar-refractivity contribution in [3.8, 4) is 0 Å². The molecule has 0 aromatic carbocycles. The zero-order chi connectivity index (χ0) is 31.4. The Balaban J connectivity index is 1.46. The Labute approximate surface area is 239 Å². The number of carbonyl (C=O) groups is 9. The van der Waals surface area contributed by atoms with Crippen molar-refractivity contribution in [2.75, 3.05) is 13.7 Å². The fourth-order valence-electron chi connectivity index (χ4n) is 4.13. The van der Waals surface area contributed by atoms with Crippen LogP contribution in [0.15, 0.2) is 0 Å². The van der Waals surface area contributed by atoms with E-state index in [9.17, 15) is 48.3 Å². The maximum absolute atomic E-state index is 12.5. The van der Waals surface area contributed by atoms with Crippen molar-refractivity contribution < 1.29 is 86.5 Å². The Kier molecular flexibility index (Phi) is 9.36. The van der Waals surface area contributed by atoms with Gasteiger partial charge in [0.2, 0.25) is 0 Å². The first-order valence-electron chi connectivity index (χ1n) is 12.4. The zero-order valence-corrected chi connectivity index (χ0v) is 22.1. The Morgan fingerprint density at radius 3 is 1.44 bits per heavy atom. The van der Waals surface area contributed by atoms with Gasteiger partial charge in [0.15, 0.2) is 18.5 Å². The minimum Gasteiger partial charge on any atom is -0.430 e. The van der Waals surface area contributed by atoms with Crippen molar-refractivity contribution >= 4 is 53.9 Å². The summed E-state index contributed by atoms with van der Waals surface area (Å²) in [7, 11) is 1.03. The van der Waals surface area contributed by atoms with Gasteiger partial charge in [-0.3, -0.25) is 43.3 Å². The predicted molar refractivity (Wildman–Crippen MR) is 120 cm³/mol. The number of amides is 6. The number of nitrogens with zero attached hydrogens (tertiary/aromatic N) is 3. The van der Waals surface area contributed by atoms with Crippen molar-refractivity contribution in [2.24, 2.45) is 0 Å². The average molecular weight is 617 g/mol. The van der Waals surface area contributed by atoms with Crippen LogP contribution in [0.3, 0.4) is 0 Å². The SMILES string of the molecule is COC1OC(COC(=O)ON2C(=O)CCC2=O)C(OC(=O)ON2C(=O)CCC2=O)C(O)C1OC(=O)ON1C(=O)CCC1=O. The molecule has 4 aliphatic heterocycles. The number of hydroxylamine groups is 6. The minimum atomic E-state index is -2.11. The van der Waals surface area contributed by atoms with E-state index in [-0.39, 0.29) is 53.7 Å². The van der Waals surface area contributed by atoms with E-state index in [0.29, 0.717) is 0 Å². The summed E-state index contributed by atoms with van der Waals surface area (Å²) >= 11 is 0. The fraction of sp³-hybridized carbons (Fsp3) is 0.591. The van der Waals surface area contributed by atoms with Crippen LogP contribution in [-0.4, -0.2) is 119 Å². The number of ether oxygens (including phenoxy) is 5. The van der Waals surface area contributed by atoms with Gasteiger partial charge in [-0.05, 0) is 0 Å². The van der Waals surface area contributed by atoms with E-state index in [0.717, 1.165) is 7.11 Å². The number of methoxy groups -OCH3 is 1. The first-order chi connectivity index (χ1) is 20.4. The molecule has 6 amide bonds. The highest BCUT2D eigenvalue weighted by molar-refractivity contribution is 6.02. The average Bonchev–Trinajstić information content (AvgIpc) is 3.57. The summed E-state index contributed by atoms with van der Waals surface area (Å²) in [5, 5.41) is 11.5. The molecule has 0 radical (unpaired) electrons. The molecule has 21 heteroatoms. The van der Waals surface area contributed by atoms with Crippen LogP contribution < -0.4 is 0 Å². The van der Waals surface area contributed by atoms with Gasteiger partial charge in [0.1, 0.15) is 18.8 Å². The topological polar surface area (TPSA) is 257 Å². The predicted octanol–water partition coefficient (Wildman–Crippen LogP) is -1.89. The Morgan fingerprint density at radius 1 is 0.674 bits per heavy atom. The summed E-state index contributed by atoms with van der Waals surface area (Å²) in [6.45, 7) is -0.917. The number of hydrogen-bond donors (Lipinski definition) is 1. The lowest BCUT2D eigenvalue weighted by atomic mass is 9.99. The number of aliphatic hydroxyl groups excluding tert-OH is 1. The molecule has 4 aliphatic rings. The molecule has 43 heavy (non-hydrogen) atoms. The lowest BCUT2D eigenvalue weighted by Gasteiger charge is -2.41. The molecule has 0 bridgehead atoms. The second kappa shape index (κ2) is 13.0. The van der Waals surface area contributed by atoms with Crippen molar-refractivity contribution in [1.82, 2.24) is 15.2 Å². The van der Waals surface area contributed by atoms with Crippen molar-refractivity contribution in [3.63, 3.8) is 0 Å². The van der Waals surface area contributed by atoms with E-state index in [1.165, 1.54) is 0 Å². The quantitative estimate of drug-likeness (QED) is 0.177. The Morgan fingerprint density at radius 2 is 1.05 bits per heavy atom. The molecule has 4 heterocycles. The lowest BCUT2D eigenvalue weighted by molar-refractivity contribution is -0.301. The molecule has 5 atom stereocenters. The number of carbonyl (C=O) groups excluding carboxylic acids is 9. The third kappa shape index (κ3) is 6.95. The van der Waals surface area contributed by atoms with Crippen LogP contribution in [0, 0.1) is 0 Å². The third-order valence-corrected chi connectivity index (χ3v) is 6.19. The molecule has 4 saturated heterocycles. The summed E-state index contributed by atoms with van der Waals surface area (Å²) in [5.41, 5.74) is 0. The summed E-state index contributed by atoms with van der Waals surface area (Å²) in [6, 6.07) is 0. The molecule has 0 spiro atoms. The molecule has 0 aliphatic carbocycles. The Hall–Kier alpha value is -4.89. The summed E-state index contributed by atoms with van der Waals surface area (Å²) < 4.78 is 25.3. The van der Waals surface area contributed by atoms with Gasteiger partial charge in [-0.25, -0.2) is 14.4 Å². The second-order valence-corrected chi connectivity index (χ2v) is 9.01. The molecule has 234 valence electrons. The van der Waals surface area contributed by atoms with Crippen LogP contribution >= 0.6 is 0 Å². The summed E-state index contributed by atoms with van der Waals surface area (Å²) in [5.74, 6) is -5.06. The Bertz CT molecular complexity index is 1190. The maximum atomic E-state index is 12.5. The number of hydrogen-bond acceptors (Lipinski definition) is 18. The van der Waals surface area contributed by atoms with Gasteiger partial charge in [-0.2, -0.15) is 0 Å². The van der Waals surface area contributed by atoms with Gasteiger partial charge < -0.3 is 28.8 Å². The molecule has 0 aromatic rings. The van der Waals surface area contributed by atoms with Crippen molar-refractivity contribution in [1.29, 1.82) is 0 Å². The van der Waals surface area contributed by atoms with E-state index in [4.69, 9.17) is 23.7 Å². The highest BCUT2D eigenvalue weighted by atomic mass is 16.9. The summed E-state index contributed by atoms with van der Waals surface area (Å²) in [6.07, 6.45) is -15.7. The smallest absolute Gasteiger partial charge is 0.430 e. The second-order valence-electron chi connectivity index (χ2n) is 9.01. The van der Waals surface area contributed by atoms with Crippen LogP contribution in [-0.2, 0) is 67.0 Å². The molecule has 0 aromatic heterocycles. The first-order valence-corrected chi connectivity index (χ1v) is 12.4. The van der Waals surface area contributed by atoms with Crippen LogP contribution in [0.5, 0.6) is 0 Å². The minimum absolute atomic E-state index is 0.124. The zero-order valence-electron chi connectivity index (χ0n) is 22.1. The normalized spacial score (nSPS) is 27.5. The van der Waals surface area contributed by atoms with E-state index < -0.39 is 91.2 Å². The third-order valence-electron chi connectivity index (χ3n) is 6.19. The van der Waals surface area contributed by atoms with Gasteiger partial charge >= 0.3 is 18.5 Å². The molecule has 5 unspecified atom stereocenters. The van der Waals surface area contributed by atoms with Crippen LogP contribution in [0.1, 0.15) is 38.5 Å². The molecular weight excluding hydrogens is 594 g/mol. The van der Waals surface area contributed by atoms with Crippen LogP contribution in [0.25, 0.3) is 0 Å². The van der Waals surface area contributed by atoms with Gasteiger partial charge in [-0.15, -0.1) is 0 Å². The molecule has 1 N–H and O–H groups in total. The molecule has 0 saturated carbocycles. The molecule has 4 fully saturated rings. The highest BCUT2D eigenvalue weighted by Crippen LogP contribution is 2.28. The van der Waals surface area contributed by atoms with Gasteiger partial charge in [0.25, 0.3) is 35.4 Å². The molecule has 21 nitrogen and oxygen atoms in total. The summed E-state index contributed by atoms with van der Waals surface area (Å²) in [4.78, 5) is 121. The largest absolute Gasteiger partial charge is 0.534 e. The first kappa shape index (κ1) is 31.1. The highest BCUT2D eigenvalue weighted by Gasteiger charge is 2.52. The number of imide groups is 3. The maximum Gasteiger partial charge on any atom is 0.534 e. The van der Waals surface area contributed by atoms with Crippen molar-refractivity contribution in [3.05, 3.63) is 0 Å². The van der Waals surface area contributed by atoms with E-state index >= 15 is 0 Å².